The first-order valence-electron chi connectivity index (χ1n) is 12.4. The first kappa shape index (κ1) is 30.7. The van der Waals surface area contributed by atoms with Crippen LogP contribution < -0.4 is 10.1 Å². The second kappa shape index (κ2) is 13.9. The molecule has 1 aliphatic rings. The molecule has 2 N–H and O–H groups in total. The van der Waals surface area contributed by atoms with E-state index in [9.17, 15) is 9.90 Å². The molecule has 0 radical (unpaired) electrons. The van der Waals surface area contributed by atoms with Crippen molar-refractivity contribution in [1.29, 1.82) is 0 Å². The number of ether oxygens (including phenoxy) is 2. The van der Waals surface area contributed by atoms with E-state index in [4.69, 9.17) is 32.7 Å². The topological polar surface area (TPSA) is 67.8 Å². The molecule has 1 aliphatic carbocycles. The van der Waals surface area contributed by atoms with Crippen LogP contribution in [0.3, 0.4) is 0 Å². The molecular weight excluding hydrogens is 521 g/mol. The zero-order valence-corrected chi connectivity index (χ0v) is 23.8. The monoisotopic (exact) mass is 557 g/mol. The van der Waals surface area contributed by atoms with Gasteiger partial charge in [0, 0.05) is 18.5 Å². The van der Waals surface area contributed by atoms with Crippen LogP contribution in [0.5, 0.6) is 5.75 Å². The molecule has 2 aromatic rings. The molecule has 0 aliphatic heterocycles. The van der Waals surface area contributed by atoms with Crippen molar-refractivity contribution in [3.63, 3.8) is 0 Å². The summed E-state index contributed by atoms with van der Waals surface area (Å²) in [5, 5.41) is 14.9. The summed E-state index contributed by atoms with van der Waals surface area (Å²) in [6.45, 7) is 8.69. The first-order chi connectivity index (χ1) is 16.6. The summed E-state index contributed by atoms with van der Waals surface area (Å²) in [4.78, 5) is 11.6. The summed E-state index contributed by atoms with van der Waals surface area (Å²) >= 11 is 12.9. The lowest BCUT2D eigenvalue weighted by molar-refractivity contribution is -0.143. The second-order valence-corrected chi connectivity index (χ2v) is 10.8. The Balaban J connectivity index is 0.00000456. The van der Waals surface area contributed by atoms with Crippen molar-refractivity contribution in [3.05, 3.63) is 63.1 Å². The highest BCUT2D eigenvalue weighted by atomic mass is 35.5. The van der Waals surface area contributed by atoms with Gasteiger partial charge in [0.2, 0.25) is 0 Å². The fraction of sp³-hybridized carbons (Fsp3) is 0.536. The van der Waals surface area contributed by atoms with E-state index >= 15 is 0 Å². The van der Waals surface area contributed by atoms with Crippen molar-refractivity contribution in [3.8, 4) is 5.75 Å². The maximum atomic E-state index is 11.6. The number of aliphatic hydroxyl groups is 1. The maximum Gasteiger partial charge on any atom is 0.306 e. The molecule has 0 spiro atoms. The number of esters is 1. The Hall–Kier alpha value is -1.50. The molecule has 0 heterocycles. The molecular formula is C28H38Cl3NO4. The average molecular weight is 559 g/mol. The number of rotatable bonds is 12. The standard InChI is InChI=1S/C28H37Cl2NO4.ClH/c1-5-34-25(33)13-11-20-10-12-24(27(30)26(20)29)35-18(2)23(32)17-31-28(3,4)16-19-14-21-8-6-7-9-22(21)15-19;/h6-10,12,18-19,23,31-32H,5,11,13-17H2,1-4H3;1H/t18-,23-;/m1./s1. The molecule has 36 heavy (non-hydrogen) atoms. The number of nitrogens with one attached hydrogen (secondary N) is 1. The highest BCUT2D eigenvalue weighted by molar-refractivity contribution is 6.43. The molecule has 5 nitrogen and oxygen atoms in total. The van der Waals surface area contributed by atoms with Gasteiger partial charge in [-0.1, -0.05) is 53.5 Å². The van der Waals surface area contributed by atoms with Crippen LogP contribution in [0.1, 0.15) is 57.2 Å². The van der Waals surface area contributed by atoms with Crippen molar-refractivity contribution in [2.24, 2.45) is 5.92 Å². The lowest BCUT2D eigenvalue weighted by Gasteiger charge is -2.32. The summed E-state index contributed by atoms with van der Waals surface area (Å²) in [7, 11) is 0. The largest absolute Gasteiger partial charge is 0.486 e. The summed E-state index contributed by atoms with van der Waals surface area (Å²) in [6, 6.07) is 12.2. The summed E-state index contributed by atoms with van der Waals surface area (Å²) < 4.78 is 10.9. The molecule has 0 saturated carbocycles. The van der Waals surface area contributed by atoms with E-state index in [2.05, 4.69) is 43.4 Å². The molecule has 8 heteroatoms. The third-order valence-corrected chi connectivity index (χ3v) is 7.51. The predicted octanol–water partition coefficient (Wildman–Crippen LogP) is 6.21. The van der Waals surface area contributed by atoms with E-state index in [0.29, 0.717) is 36.3 Å². The Kier molecular flexibility index (Phi) is 11.8. The quantitative estimate of drug-likeness (QED) is 0.303. The van der Waals surface area contributed by atoms with Crippen molar-refractivity contribution in [2.45, 2.75) is 77.5 Å². The van der Waals surface area contributed by atoms with Crippen LogP contribution in [0.15, 0.2) is 36.4 Å². The number of benzene rings is 2. The van der Waals surface area contributed by atoms with Crippen LogP contribution >= 0.6 is 35.6 Å². The van der Waals surface area contributed by atoms with E-state index in [1.165, 1.54) is 11.1 Å². The summed E-state index contributed by atoms with van der Waals surface area (Å²) in [6.07, 6.45) is 2.69. The number of carbonyl (C=O) groups is 1. The first-order valence-corrected chi connectivity index (χ1v) is 13.1. The Morgan fingerprint density at radius 3 is 2.39 bits per heavy atom. The number of β-amino-alcohol motifs (C(OH)–C–C–N with tert-alkyl or cyclic N) is 1. The molecule has 3 rings (SSSR count). The van der Waals surface area contributed by atoms with E-state index in [1.807, 2.05) is 6.92 Å². The Bertz CT molecular complexity index is 989. The van der Waals surface area contributed by atoms with Crippen LogP contribution in [0.2, 0.25) is 10.0 Å². The number of aryl methyl sites for hydroxylation is 1. The number of hydrogen-bond donors (Lipinski definition) is 2. The van der Waals surface area contributed by atoms with Crippen LogP contribution in [-0.4, -0.2) is 42.0 Å². The van der Waals surface area contributed by atoms with Gasteiger partial charge in [0.1, 0.15) is 23.0 Å². The van der Waals surface area contributed by atoms with E-state index in [0.717, 1.165) is 24.8 Å². The van der Waals surface area contributed by atoms with Crippen molar-refractivity contribution >= 4 is 41.6 Å². The van der Waals surface area contributed by atoms with Crippen molar-refractivity contribution in [2.75, 3.05) is 13.2 Å². The summed E-state index contributed by atoms with van der Waals surface area (Å²) in [5.41, 5.74) is 3.55. The van der Waals surface area contributed by atoms with Gasteiger partial charge in [0.05, 0.1) is 11.6 Å². The smallest absolute Gasteiger partial charge is 0.306 e. The van der Waals surface area contributed by atoms with E-state index in [-0.39, 0.29) is 35.4 Å². The third kappa shape index (κ3) is 8.53. The SMILES string of the molecule is CCOC(=O)CCc1ccc(O[C@H](C)[C@H](O)CNC(C)(C)CC2Cc3ccccc3C2)c(Cl)c1Cl.Cl. The maximum absolute atomic E-state index is 11.6. The van der Waals surface area contributed by atoms with Gasteiger partial charge in [0.25, 0.3) is 0 Å². The molecule has 0 unspecified atom stereocenters. The zero-order valence-electron chi connectivity index (χ0n) is 21.5. The number of carbonyl (C=O) groups excluding carboxylic acids is 1. The number of halogens is 3. The van der Waals surface area contributed by atoms with Gasteiger partial charge in [-0.15, -0.1) is 12.4 Å². The minimum atomic E-state index is -0.728. The molecule has 0 saturated heterocycles. The summed E-state index contributed by atoms with van der Waals surface area (Å²) in [5.74, 6) is 0.736. The third-order valence-electron chi connectivity index (χ3n) is 6.61. The molecule has 2 aromatic carbocycles. The van der Waals surface area contributed by atoms with Crippen molar-refractivity contribution in [1.82, 2.24) is 5.32 Å². The normalized spacial score (nSPS) is 15.1. The molecule has 200 valence electrons. The van der Waals surface area contributed by atoms with E-state index < -0.39 is 12.2 Å². The van der Waals surface area contributed by atoms with Gasteiger partial charge in [0.15, 0.2) is 0 Å². The Morgan fingerprint density at radius 2 is 1.78 bits per heavy atom. The highest BCUT2D eigenvalue weighted by Crippen LogP contribution is 2.36. The Labute approximate surface area is 231 Å². The van der Waals surface area contributed by atoms with Crippen LogP contribution in [0.4, 0.5) is 0 Å². The van der Waals surface area contributed by atoms with Gasteiger partial charge in [-0.3, -0.25) is 4.79 Å². The zero-order chi connectivity index (χ0) is 25.6. The fourth-order valence-corrected chi connectivity index (χ4v) is 5.22. The van der Waals surface area contributed by atoms with Gasteiger partial charge >= 0.3 is 5.97 Å². The highest BCUT2D eigenvalue weighted by Gasteiger charge is 2.29. The van der Waals surface area contributed by atoms with Crippen molar-refractivity contribution < 1.29 is 19.4 Å². The van der Waals surface area contributed by atoms with Gasteiger partial charge in [-0.05, 0) is 82.1 Å². The predicted molar refractivity (Wildman–Crippen MR) is 149 cm³/mol. The average Bonchev–Trinajstić information content (AvgIpc) is 3.21. The number of aliphatic hydroxyl groups excluding tert-OH is 1. The van der Waals surface area contributed by atoms with Gasteiger partial charge in [-0.25, -0.2) is 0 Å². The molecule has 0 bridgehead atoms. The second-order valence-electron chi connectivity index (χ2n) is 10.1. The lowest BCUT2D eigenvalue weighted by atomic mass is 9.88. The molecule has 0 aromatic heterocycles. The lowest BCUT2D eigenvalue weighted by Crippen LogP contribution is -2.48. The van der Waals surface area contributed by atoms with Crippen LogP contribution in [0.25, 0.3) is 0 Å². The van der Waals surface area contributed by atoms with E-state index in [1.54, 1.807) is 19.1 Å². The van der Waals surface area contributed by atoms with Gasteiger partial charge < -0.3 is 19.9 Å². The fourth-order valence-electron chi connectivity index (χ4n) is 4.74. The molecule has 0 amide bonds. The van der Waals surface area contributed by atoms with Crippen LogP contribution in [-0.2, 0) is 28.8 Å². The van der Waals surface area contributed by atoms with Gasteiger partial charge in [-0.2, -0.15) is 0 Å². The number of hydrogen-bond acceptors (Lipinski definition) is 5. The van der Waals surface area contributed by atoms with Crippen LogP contribution in [0, 0.1) is 5.92 Å². The minimum absolute atomic E-state index is 0. The minimum Gasteiger partial charge on any atom is -0.486 e. The molecule has 2 atom stereocenters. The Morgan fingerprint density at radius 1 is 1.14 bits per heavy atom. The molecule has 0 fully saturated rings. The number of fused-ring (bicyclic) bond motifs is 1.